The highest BCUT2D eigenvalue weighted by Crippen LogP contribution is 2.18. The first-order chi connectivity index (χ1) is 11.8. The van der Waals surface area contributed by atoms with Gasteiger partial charge in [0.1, 0.15) is 5.82 Å². The van der Waals surface area contributed by atoms with Crippen molar-refractivity contribution in [2.75, 3.05) is 30.9 Å². The number of aromatic amines is 1. The summed E-state index contributed by atoms with van der Waals surface area (Å²) in [6, 6.07) is 11.6. The zero-order chi connectivity index (χ0) is 16.8. The van der Waals surface area contributed by atoms with E-state index >= 15 is 0 Å². The maximum atomic E-state index is 12.2. The van der Waals surface area contributed by atoms with Crippen molar-refractivity contribution in [1.82, 2.24) is 9.97 Å². The second kappa shape index (κ2) is 7.61. The molecule has 0 saturated carbocycles. The summed E-state index contributed by atoms with van der Waals surface area (Å²) in [5.41, 5.74) is 2.90. The highest BCUT2D eigenvalue weighted by molar-refractivity contribution is 5.95. The van der Waals surface area contributed by atoms with Crippen molar-refractivity contribution < 1.29 is 9.53 Å². The van der Waals surface area contributed by atoms with Gasteiger partial charge in [0.25, 0.3) is 0 Å². The molecule has 1 amide bonds. The van der Waals surface area contributed by atoms with Gasteiger partial charge in [-0.25, -0.2) is 4.98 Å². The number of nitrogens with one attached hydrogen (secondary N) is 3. The molecule has 0 aliphatic heterocycles. The van der Waals surface area contributed by atoms with Crippen LogP contribution in [0.25, 0.3) is 10.9 Å². The van der Waals surface area contributed by atoms with Crippen LogP contribution < -0.4 is 10.6 Å². The molecule has 3 rings (SSSR count). The molecule has 0 unspecified atom stereocenters. The molecule has 0 bridgehead atoms. The lowest BCUT2D eigenvalue weighted by atomic mass is 10.1. The summed E-state index contributed by atoms with van der Waals surface area (Å²) in [5, 5.41) is 7.07. The number of methoxy groups -OCH3 is 1. The Morgan fingerprint density at radius 2 is 2.12 bits per heavy atom. The fourth-order valence-electron chi connectivity index (χ4n) is 2.51. The zero-order valence-electron chi connectivity index (χ0n) is 13.5. The predicted octanol–water partition coefficient (Wildman–Crippen LogP) is 2.80. The first-order valence-corrected chi connectivity index (χ1v) is 7.80. The number of amides is 1. The molecular formula is C18H20N4O2. The lowest BCUT2D eigenvalue weighted by molar-refractivity contribution is -0.115. The van der Waals surface area contributed by atoms with Crippen molar-refractivity contribution in [2.45, 2.75) is 6.42 Å². The van der Waals surface area contributed by atoms with E-state index in [-0.39, 0.29) is 5.91 Å². The van der Waals surface area contributed by atoms with Gasteiger partial charge in [-0.3, -0.25) is 4.79 Å². The Labute approximate surface area is 140 Å². The Morgan fingerprint density at radius 1 is 1.25 bits per heavy atom. The van der Waals surface area contributed by atoms with Crippen molar-refractivity contribution in [3.63, 3.8) is 0 Å². The summed E-state index contributed by atoms with van der Waals surface area (Å²) in [4.78, 5) is 19.6. The molecular weight excluding hydrogens is 304 g/mol. The molecule has 2 aromatic heterocycles. The fourth-order valence-corrected chi connectivity index (χ4v) is 2.51. The summed E-state index contributed by atoms with van der Waals surface area (Å²) < 4.78 is 4.98. The van der Waals surface area contributed by atoms with E-state index in [4.69, 9.17) is 4.74 Å². The van der Waals surface area contributed by atoms with Crippen LogP contribution in [0.3, 0.4) is 0 Å². The minimum Gasteiger partial charge on any atom is -0.383 e. The van der Waals surface area contributed by atoms with Crippen molar-refractivity contribution >= 4 is 28.3 Å². The van der Waals surface area contributed by atoms with Crippen molar-refractivity contribution in [3.05, 3.63) is 54.4 Å². The van der Waals surface area contributed by atoms with Crippen LogP contribution in [0, 0.1) is 0 Å². The highest BCUT2D eigenvalue weighted by Gasteiger charge is 2.09. The van der Waals surface area contributed by atoms with Crippen molar-refractivity contribution in [2.24, 2.45) is 0 Å². The zero-order valence-corrected chi connectivity index (χ0v) is 13.5. The third kappa shape index (κ3) is 3.91. The number of aromatic nitrogens is 2. The molecule has 0 saturated heterocycles. The van der Waals surface area contributed by atoms with E-state index in [1.54, 1.807) is 19.4 Å². The molecule has 6 heteroatoms. The minimum atomic E-state index is -0.0904. The van der Waals surface area contributed by atoms with Gasteiger partial charge in [0.05, 0.1) is 24.9 Å². The normalized spacial score (nSPS) is 10.7. The number of carbonyl (C=O) groups is 1. The van der Waals surface area contributed by atoms with E-state index in [0.717, 1.165) is 22.2 Å². The second-order valence-electron chi connectivity index (χ2n) is 5.44. The summed E-state index contributed by atoms with van der Waals surface area (Å²) in [6.45, 7) is 1.34. The highest BCUT2D eigenvalue weighted by atomic mass is 16.5. The number of nitrogens with zero attached hydrogens (tertiary/aromatic N) is 1. The molecule has 1 aromatic carbocycles. The number of para-hydroxylation sites is 1. The van der Waals surface area contributed by atoms with E-state index < -0.39 is 0 Å². The Balaban J connectivity index is 1.58. The Hall–Kier alpha value is -2.86. The largest absolute Gasteiger partial charge is 0.383 e. The third-order valence-corrected chi connectivity index (χ3v) is 3.69. The van der Waals surface area contributed by atoms with Crippen LogP contribution in [0.5, 0.6) is 0 Å². The number of anilines is 2. The van der Waals surface area contributed by atoms with Crippen LogP contribution in [0.2, 0.25) is 0 Å². The number of benzene rings is 1. The first-order valence-electron chi connectivity index (χ1n) is 7.80. The minimum absolute atomic E-state index is 0.0904. The lowest BCUT2D eigenvalue weighted by Crippen LogP contribution is -2.15. The quantitative estimate of drug-likeness (QED) is 0.584. The molecule has 3 aromatic rings. The van der Waals surface area contributed by atoms with Crippen LogP contribution in [0.4, 0.5) is 11.5 Å². The lowest BCUT2D eigenvalue weighted by Gasteiger charge is -2.07. The monoisotopic (exact) mass is 324 g/mol. The smallest absolute Gasteiger partial charge is 0.230 e. The number of hydrogen-bond donors (Lipinski definition) is 3. The van der Waals surface area contributed by atoms with E-state index in [1.807, 2.05) is 36.5 Å². The Morgan fingerprint density at radius 3 is 2.92 bits per heavy atom. The predicted molar refractivity (Wildman–Crippen MR) is 95.2 cm³/mol. The van der Waals surface area contributed by atoms with E-state index in [0.29, 0.717) is 25.4 Å². The van der Waals surface area contributed by atoms with Crippen LogP contribution in [0.15, 0.2) is 48.8 Å². The standard InChI is InChI=1S/C18H20N4O2/c1-24-9-8-19-14-6-7-17(21-12-14)22-18(23)10-13-11-20-16-5-3-2-4-15(13)16/h2-7,11-12,19-20H,8-10H2,1H3,(H,21,22,23). The van der Waals surface area contributed by atoms with Gasteiger partial charge in [-0.15, -0.1) is 0 Å². The van der Waals surface area contributed by atoms with Crippen LogP contribution >= 0.6 is 0 Å². The van der Waals surface area contributed by atoms with Gasteiger partial charge >= 0.3 is 0 Å². The van der Waals surface area contributed by atoms with Gasteiger partial charge in [0.15, 0.2) is 0 Å². The van der Waals surface area contributed by atoms with E-state index in [1.165, 1.54) is 0 Å². The van der Waals surface area contributed by atoms with Gasteiger partial charge in [0, 0.05) is 30.8 Å². The average Bonchev–Trinajstić information content (AvgIpc) is 3.00. The molecule has 6 nitrogen and oxygen atoms in total. The number of pyridine rings is 1. The summed E-state index contributed by atoms with van der Waals surface area (Å²) in [5.74, 6) is 0.449. The topological polar surface area (TPSA) is 79.0 Å². The Bertz CT molecular complexity index is 811. The molecule has 24 heavy (non-hydrogen) atoms. The van der Waals surface area contributed by atoms with Crippen molar-refractivity contribution in [1.29, 1.82) is 0 Å². The van der Waals surface area contributed by atoms with Gasteiger partial charge in [-0.2, -0.15) is 0 Å². The molecule has 0 radical (unpaired) electrons. The van der Waals surface area contributed by atoms with Crippen LogP contribution in [-0.4, -0.2) is 36.1 Å². The van der Waals surface area contributed by atoms with Crippen LogP contribution in [0.1, 0.15) is 5.56 Å². The summed E-state index contributed by atoms with van der Waals surface area (Å²) in [7, 11) is 1.66. The van der Waals surface area contributed by atoms with Gasteiger partial charge in [-0.05, 0) is 23.8 Å². The SMILES string of the molecule is COCCNc1ccc(NC(=O)Cc2c[nH]c3ccccc23)nc1. The fraction of sp³-hybridized carbons (Fsp3) is 0.222. The molecule has 0 aliphatic rings. The molecule has 0 aliphatic carbocycles. The number of rotatable bonds is 7. The number of carbonyl (C=O) groups excluding carboxylic acids is 1. The third-order valence-electron chi connectivity index (χ3n) is 3.69. The number of ether oxygens (including phenoxy) is 1. The second-order valence-corrected chi connectivity index (χ2v) is 5.44. The first kappa shape index (κ1) is 16.0. The average molecular weight is 324 g/mol. The van der Waals surface area contributed by atoms with Crippen LogP contribution in [-0.2, 0) is 16.0 Å². The van der Waals surface area contributed by atoms with Gasteiger partial charge < -0.3 is 20.4 Å². The summed E-state index contributed by atoms with van der Waals surface area (Å²) in [6.07, 6.45) is 3.87. The van der Waals surface area contributed by atoms with E-state index in [2.05, 4.69) is 20.6 Å². The summed E-state index contributed by atoms with van der Waals surface area (Å²) >= 11 is 0. The molecule has 0 fully saturated rings. The maximum Gasteiger partial charge on any atom is 0.230 e. The molecule has 0 atom stereocenters. The molecule has 0 spiro atoms. The maximum absolute atomic E-state index is 12.2. The number of H-pyrrole nitrogens is 1. The molecule has 3 N–H and O–H groups in total. The van der Waals surface area contributed by atoms with Gasteiger partial charge in [-0.1, -0.05) is 18.2 Å². The van der Waals surface area contributed by atoms with Crippen molar-refractivity contribution in [3.8, 4) is 0 Å². The molecule has 2 heterocycles. The van der Waals surface area contributed by atoms with E-state index in [9.17, 15) is 4.79 Å². The number of hydrogen-bond acceptors (Lipinski definition) is 4. The van der Waals surface area contributed by atoms with Gasteiger partial charge in [0.2, 0.25) is 5.91 Å². The Kier molecular flexibility index (Phi) is 5.08. The molecule has 124 valence electrons. The number of fused-ring (bicyclic) bond motifs is 1.